The number of nitrogens with zero attached hydrogens (tertiary/aromatic N) is 3. The molecule has 0 radical (unpaired) electrons. The van der Waals surface area contributed by atoms with Crippen molar-refractivity contribution in [3.63, 3.8) is 0 Å². The number of halogens is 2. The first-order chi connectivity index (χ1) is 62.3. The summed E-state index contributed by atoms with van der Waals surface area (Å²) < 4.78 is 102. The van der Waals surface area contributed by atoms with Gasteiger partial charge in [-0.05, 0) is 234 Å². The molecular formula is C110H107F2N4O14+. The van der Waals surface area contributed by atoms with E-state index in [4.69, 9.17) is 55.6 Å². The molecule has 0 fully saturated rings. The van der Waals surface area contributed by atoms with Gasteiger partial charge in [0, 0.05) is 105 Å². The van der Waals surface area contributed by atoms with Gasteiger partial charge in [-0.15, -0.1) is 0 Å². The lowest BCUT2D eigenvalue weighted by molar-refractivity contribution is 0.215. The fourth-order valence-electron chi connectivity index (χ4n) is 15.1. The predicted octanol–water partition coefficient (Wildman–Crippen LogP) is 25.3. The number of furan rings is 1. The summed E-state index contributed by atoms with van der Waals surface area (Å²) >= 11 is 0. The van der Waals surface area contributed by atoms with Crippen LogP contribution in [0.25, 0.3) is 112 Å². The number of oxazole rings is 1. The van der Waals surface area contributed by atoms with Gasteiger partial charge in [0.2, 0.25) is 10.8 Å². The van der Waals surface area contributed by atoms with E-state index in [-0.39, 0.29) is 25.4 Å². The van der Waals surface area contributed by atoms with Gasteiger partial charge in [-0.1, -0.05) is 129 Å². The highest BCUT2D eigenvalue weighted by Gasteiger charge is 2.25. The number of para-hydroxylation sites is 4. The van der Waals surface area contributed by atoms with E-state index in [2.05, 4.69) is 137 Å². The molecule has 130 heavy (non-hydrogen) atoms. The van der Waals surface area contributed by atoms with E-state index in [0.29, 0.717) is 85.7 Å². The van der Waals surface area contributed by atoms with Gasteiger partial charge in [0.05, 0.1) is 12.3 Å². The molecule has 2 N–H and O–H groups in total. The SMILES string of the molecule is C.Cc1ccc2cc(-c3ccc(C)c(OCCOc4ccccc4C)c3)[nH]c2c1.Cc1ccccc1OCCOc1cc(-c2c3cc(F)c(=O)cc-3oc3cc(O)c(F)cc23)ccc1C.Cc1ccccc1OCCOc1cc(-c2c3ccc(=[N+](C)C)cc-3oc3cc(N(C)C)ccc23)ccc1C.Cc1cnc(-c2cc3cc(OCCOc4ccccc4C)c(C)cc3o2)o1. The van der Waals surface area contributed by atoms with Crippen molar-refractivity contribution >= 4 is 49.5 Å². The molecule has 0 bridgehead atoms. The van der Waals surface area contributed by atoms with Crippen molar-refractivity contribution in [2.75, 3.05) is 85.9 Å². The number of aromatic hydroxyl groups is 1. The van der Waals surface area contributed by atoms with Gasteiger partial charge in [-0.2, -0.15) is 0 Å². The largest absolute Gasteiger partial charge is 0.505 e. The molecule has 664 valence electrons. The molecule has 2 aliphatic carbocycles. The standard InChI is InChI=1S/C33H35N2O3.C29H22F2O5.C25H25NO2.C22H21NO4.CH4/c1-22-9-7-8-10-29(22)36-17-18-37-30-19-24(12-11-23(30)2)33-27-15-13-25(34(3)4)20-31(27)38-32-21-26(35(5)6)14-16-28(32)33;1-16-5-3-4-6-25(16)34-9-10-35-26-11-18(8-7-17(26)2)29-19-12-21(30)23(32)14-27(19)36-28-15-24(33)22(31)13-20(28)29;1-17-8-10-20-15-23(26-22(20)14-17)21-11-9-19(3)25(16-21)28-13-12-27-24-7-5-4-6-18(24)2;1-14-6-4-5-7-18(14)24-8-9-25-19-11-17-12-21(22-23-13-16(3)26-22)27-20(17)10-15(19)2;/h7-16,19-21H,17-18H2,1-6H3;3-8,11-15,32H,9-10H2,1-2H3;4-11,14-16,26H,12-13H2,1-3H3;4-7,10-13H,8-9H2,1-3H3;1H4/q+1;;;;. The molecular weight excluding hydrogens is 1640 g/mol. The smallest absolute Gasteiger partial charge is 0.263 e. The minimum Gasteiger partial charge on any atom is -0.505 e. The average Bonchev–Trinajstić information content (AvgIpc) is 0.792. The van der Waals surface area contributed by atoms with Crippen LogP contribution in [0.2, 0.25) is 0 Å². The Morgan fingerprint density at radius 2 is 0.846 bits per heavy atom. The number of aromatic amines is 1. The van der Waals surface area contributed by atoms with Crippen molar-refractivity contribution in [2.45, 2.75) is 76.7 Å². The summed E-state index contributed by atoms with van der Waals surface area (Å²) in [5.74, 6) is 7.00. The number of aromatic nitrogens is 2. The lowest BCUT2D eigenvalue weighted by Crippen LogP contribution is -2.21. The van der Waals surface area contributed by atoms with Crippen LogP contribution in [0, 0.1) is 80.9 Å². The van der Waals surface area contributed by atoms with Crippen molar-refractivity contribution in [2.24, 2.45) is 0 Å². The summed E-state index contributed by atoms with van der Waals surface area (Å²) in [6.07, 6.45) is 1.68. The lowest BCUT2D eigenvalue weighted by atomic mass is 9.92. The Bertz CT molecular complexity index is 7130. The summed E-state index contributed by atoms with van der Waals surface area (Å²) in [6.45, 7) is 23.6. The Labute approximate surface area is 755 Å². The number of benzene rings is 13. The van der Waals surface area contributed by atoms with Gasteiger partial charge in [-0.25, -0.2) is 18.3 Å². The Balaban J connectivity index is 0.000000141. The maximum Gasteiger partial charge on any atom is 0.263 e. The molecule has 0 atom stereocenters. The quantitative estimate of drug-likeness (QED) is 0.0311. The first kappa shape index (κ1) is 91.2. The molecule has 0 saturated heterocycles. The van der Waals surface area contributed by atoms with E-state index in [1.165, 1.54) is 10.9 Å². The molecule has 11 aromatic carbocycles. The highest BCUT2D eigenvalue weighted by atomic mass is 19.1. The molecule has 18 nitrogen and oxygen atoms in total. The third kappa shape index (κ3) is 21.6. The van der Waals surface area contributed by atoms with Crippen molar-refractivity contribution in [1.82, 2.24) is 14.5 Å². The zero-order valence-corrected chi connectivity index (χ0v) is 74.8. The highest BCUT2D eigenvalue weighted by Crippen LogP contribution is 2.46. The molecule has 18 rings (SSSR count). The van der Waals surface area contributed by atoms with Crippen molar-refractivity contribution in [3.8, 4) is 120 Å². The van der Waals surface area contributed by atoms with E-state index in [0.717, 1.165) is 187 Å². The Kier molecular flexibility index (Phi) is 28.9. The van der Waals surface area contributed by atoms with E-state index in [1.807, 2.05) is 198 Å². The monoisotopic (exact) mass is 1750 g/mol. The van der Waals surface area contributed by atoms with Crippen molar-refractivity contribution in [3.05, 3.63) is 344 Å². The Morgan fingerprint density at radius 1 is 0.385 bits per heavy atom. The molecule has 14 aromatic rings. The van der Waals surface area contributed by atoms with Crippen LogP contribution in [-0.2, 0) is 0 Å². The first-order valence-electron chi connectivity index (χ1n) is 42.7. The van der Waals surface area contributed by atoms with Crippen LogP contribution >= 0.6 is 0 Å². The number of hydrogen-bond acceptors (Lipinski definition) is 16. The highest BCUT2D eigenvalue weighted by molar-refractivity contribution is 6.04. The van der Waals surface area contributed by atoms with E-state index < -0.39 is 22.8 Å². The maximum atomic E-state index is 14.4. The number of phenolic OH excluding ortho intramolecular Hbond substituents is 1. The molecule has 5 heterocycles. The summed E-state index contributed by atoms with van der Waals surface area (Å²) in [5, 5.41) is 14.5. The number of rotatable bonds is 25. The maximum absolute atomic E-state index is 14.4. The van der Waals surface area contributed by atoms with Crippen molar-refractivity contribution < 1.29 is 69.5 Å². The van der Waals surface area contributed by atoms with Gasteiger partial charge in [0.15, 0.2) is 23.1 Å². The van der Waals surface area contributed by atoms with Crippen LogP contribution in [0.5, 0.6) is 51.7 Å². The number of aryl methyl sites for hydroxylation is 10. The molecule has 20 heteroatoms. The van der Waals surface area contributed by atoms with Crippen LogP contribution in [0.15, 0.2) is 283 Å². The van der Waals surface area contributed by atoms with Gasteiger partial charge >= 0.3 is 0 Å². The third-order valence-electron chi connectivity index (χ3n) is 22.2. The topological polar surface area (TPSA) is 199 Å². The number of anilines is 1. The van der Waals surface area contributed by atoms with Gasteiger partial charge < -0.3 is 70.6 Å². The summed E-state index contributed by atoms with van der Waals surface area (Å²) in [4.78, 5) is 21.7. The van der Waals surface area contributed by atoms with Gasteiger partial charge in [0.1, 0.15) is 147 Å². The van der Waals surface area contributed by atoms with Crippen LogP contribution in [0.4, 0.5) is 14.5 Å². The zero-order chi connectivity index (χ0) is 90.5. The fourth-order valence-corrected chi connectivity index (χ4v) is 15.1. The van der Waals surface area contributed by atoms with Crippen molar-refractivity contribution in [1.29, 1.82) is 0 Å². The first-order valence-corrected chi connectivity index (χ1v) is 42.7. The molecule has 0 spiro atoms. The van der Waals surface area contributed by atoms with E-state index in [1.54, 1.807) is 18.3 Å². The number of phenols is 1. The van der Waals surface area contributed by atoms with E-state index >= 15 is 0 Å². The summed E-state index contributed by atoms with van der Waals surface area (Å²) in [7, 11) is 8.17. The molecule has 2 aliphatic heterocycles. The van der Waals surface area contributed by atoms with E-state index in [9.17, 15) is 18.7 Å². The number of nitrogens with one attached hydrogen (secondary N) is 1. The molecule has 4 aliphatic rings. The van der Waals surface area contributed by atoms with Crippen LogP contribution in [0.3, 0.4) is 0 Å². The third-order valence-corrected chi connectivity index (χ3v) is 22.2. The Hall–Kier alpha value is -15.1. The van der Waals surface area contributed by atoms with Crippen LogP contribution in [-0.4, -0.2) is 96.1 Å². The van der Waals surface area contributed by atoms with Crippen LogP contribution < -0.4 is 58.2 Å². The number of ether oxygens (including phenoxy) is 8. The zero-order valence-electron chi connectivity index (χ0n) is 74.8. The normalized spacial score (nSPS) is 11.0. The second kappa shape index (κ2) is 41.2. The minimum absolute atomic E-state index is 0. The number of fused-ring (bicyclic) bond motifs is 6. The Morgan fingerprint density at radius 3 is 1.35 bits per heavy atom. The predicted molar refractivity (Wildman–Crippen MR) is 515 cm³/mol. The number of H-pyrrole nitrogens is 1. The molecule has 0 amide bonds. The number of hydrogen-bond donors (Lipinski definition) is 2. The lowest BCUT2D eigenvalue weighted by Gasteiger charge is -2.19. The van der Waals surface area contributed by atoms with Gasteiger partial charge in [0.25, 0.3) is 5.89 Å². The summed E-state index contributed by atoms with van der Waals surface area (Å²) in [5.41, 5.74) is 19.8. The molecule has 0 saturated carbocycles. The van der Waals surface area contributed by atoms with Gasteiger partial charge in [-0.3, -0.25) is 4.79 Å². The second-order valence-corrected chi connectivity index (χ2v) is 32.3. The minimum atomic E-state index is -0.950. The second-order valence-electron chi connectivity index (χ2n) is 32.3. The molecule has 0 unspecified atom stereocenters. The fraction of sp³-hybridized carbons (Fsp3) is 0.209. The molecule has 3 aromatic heterocycles. The van der Waals surface area contributed by atoms with Crippen LogP contribution in [0.1, 0.15) is 63.3 Å². The average molecular weight is 1750 g/mol. The summed E-state index contributed by atoms with van der Waals surface area (Å²) in [6, 6.07) is 81.5.